The Labute approximate surface area is 98.2 Å². The van der Waals surface area contributed by atoms with Crippen molar-refractivity contribution in [2.24, 2.45) is 0 Å². The Morgan fingerprint density at radius 3 is 2.94 bits per heavy atom. The van der Waals surface area contributed by atoms with E-state index >= 15 is 0 Å². The van der Waals surface area contributed by atoms with Gasteiger partial charge in [0.1, 0.15) is 5.52 Å². The Balaban J connectivity index is 2.63. The fourth-order valence-corrected chi connectivity index (χ4v) is 1.52. The third kappa shape index (κ3) is 2.16. The van der Waals surface area contributed by atoms with Crippen molar-refractivity contribution in [2.45, 2.75) is 26.2 Å². The molecule has 86 valence electrons. The van der Waals surface area contributed by atoms with Crippen LogP contribution >= 0.6 is 0 Å². The number of pyridine rings is 1. The number of nitrogens with zero attached hydrogens (tertiary/aromatic N) is 3. The molecule has 0 saturated heterocycles. The molecule has 0 radical (unpaired) electrons. The Kier molecular flexibility index (Phi) is 2.88. The second-order valence-electron chi connectivity index (χ2n) is 4.14. The van der Waals surface area contributed by atoms with Crippen molar-refractivity contribution in [2.75, 3.05) is 0 Å². The van der Waals surface area contributed by atoms with E-state index in [-0.39, 0.29) is 17.9 Å². The van der Waals surface area contributed by atoms with Gasteiger partial charge in [-0.1, -0.05) is 13.8 Å². The van der Waals surface area contributed by atoms with Gasteiger partial charge in [0.15, 0.2) is 5.65 Å². The van der Waals surface area contributed by atoms with Crippen LogP contribution in [0.25, 0.3) is 11.2 Å². The zero-order valence-corrected chi connectivity index (χ0v) is 9.69. The number of aromatic nitrogens is 3. The van der Waals surface area contributed by atoms with E-state index in [4.69, 9.17) is 5.26 Å². The maximum absolute atomic E-state index is 11.6. The average Bonchev–Trinajstić information content (AvgIpc) is 2.29. The van der Waals surface area contributed by atoms with E-state index in [1.807, 2.05) is 19.9 Å². The van der Waals surface area contributed by atoms with Crippen molar-refractivity contribution in [3.05, 3.63) is 33.9 Å². The molecule has 2 aromatic heterocycles. The summed E-state index contributed by atoms with van der Waals surface area (Å²) in [6.45, 7) is 4.02. The van der Waals surface area contributed by atoms with Crippen molar-refractivity contribution in [3.8, 4) is 6.07 Å². The van der Waals surface area contributed by atoms with E-state index in [1.54, 1.807) is 12.3 Å². The first-order valence-electron chi connectivity index (χ1n) is 5.37. The number of hydrogen-bond acceptors (Lipinski definition) is 4. The summed E-state index contributed by atoms with van der Waals surface area (Å²) < 4.78 is 0. The molecular formula is C12H12N4O. The lowest BCUT2D eigenvalue weighted by Gasteiger charge is -2.05. The highest BCUT2D eigenvalue weighted by Crippen LogP contribution is 2.13. The molecule has 0 amide bonds. The van der Waals surface area contributed by atoms with Gasteiger partial charge in [-0.15, -0.1) is 0 Å². The molecule has 5 nitrogen and oxygen atoms in total. The first-order valence-corrected chi connectivity index (χ1v) is 5.37. The summed E-state index contributed by atoms with van der Waals surface area (Å²) in [6, 6.07) is 3.57. The number of H-pyrrole nitrogens is 1. The minimum atomic E-state index is -0.269. The third-order valence-corrected chi connectivity index (χ3v) is 2.52. The number of rotatable bonds is 2. The van der Waals surface area contributed by atoms with Crippen molar-refractivity contribution < 1.29 is 0 Å². The predicted octanol–water partition coefficient (Wildman–Crippen LogP) is 1.51. The maximum atomic E-state index is 11.6. The lowest BCUT2D eigenvalue weighted by molar-refractivity contribution is 0.818. The predicted molar refractivity (Wildman–Crippen MR) is 63.6 cm³/mol. The van der Waals surface area contributed by atoms with Gasteiger partial charge in [-0.2, -0.15) is 5.26 Å². The summed E-state index contributed by atoms with van der Waals surface area (Å²) in [4.78, 5) is 22.9. The van der Waals surface area contributed by atoms with Crippen LogP contribution in [0.5, 0.6) is 0 Å². The largest absolute Gasteiger partial charge is 0.305 e. The zero-order valence-electron chi connectivity index (χ0n) is 9.69. The van der Waals surface area contributed by atoms with Gasteiger partial charge >= 0.3 is 0 Å². The molecule has 1 N–H and O–H groups in total. The fraction of sp³-hybridized carbons (Fsp3) is 0.333. The fourth-order valence-electron chi connectivity index (χ4n) is 1.52. The molecule has 0 aliphatic carbocycles. The average molecular weight is 228 g/mol. The lowest BCUT2D eigenvalue weighted by Crippen LogP contribution is -2.13. The summed E-state index contributed by atoms with van der Waals surface area (Å²) in [5.41, 5.74) is 2.07. The molecule has 2 rings (SSSR count). The van der Waals surface area contributed by atoms with Crippen LogP contribution in [0.1, 0.15) is 31.0 Å². The van der Waals surface area contributed by atoms with Gasteiger partial charge < -0.3 is 4.98 Å². The molecule has 0 aliphatic rings. The van der Waals surface area contributed by atoms with E-state index in [2.05, 4.69) is 15.0 Å². The van der Waals surface area contributed by atoms with E-state index in [1.165, 1.54) is 0 Å². The normalized spacial score (nSPS) is 10.7. The Morgan fingerprint density at radius 1 is 1.53 bits per heavy atom. The van der Waals surface area contributed by atoms with Gasteiger partial charge in [-0.3, -0.25) is 9.78 Å². The number of fused-ring (bicyclic) bond motifs is 1. The second kappa shape index (κ2) is 4.34. The maximum Gasteiger partial charge on any atom is 0.253 e. The Bertz CT molecular complexity index is 652. The molecule has 17 heavy (non-hydrogen) atoms. The summed E-state index contributed by atoms with van der Waals surface area (Å²) in [5.74, 6) is 0.259. The number of aromatic amines is 1. The van der Waals surface area contributed by atoms with Crippen LogP contribution < -0.4 is 5.56 Å². The first-order chi connectivity index (χ1) is 8.11. The van der Waals surface area contributed by atoms with Crippen molar-refractivity contribution in [1.29, 1.82) is 5.26 Å². The van der Waals surface area contributed by atoms with Crippen LogP contribution in [-0.2, 0) is 6.42 Å². The number of hydrogen-bond donors (Lipinski definition) is 1. The summed E-state index contributed by atoms with van der Waals surface area (Å²) in [7, 11) is 0. The van der Waals surface area contributed by atoms with Crippen molar-refractivity contribution in [1.82, 2.24) is 15.0 Å². The quantitative estimate of drug-likeness (QED) is 0.844. The van der Waals surface area contributed by atoms with E-state index in [0.717, 1.165) is 5.69 Å². The molecule has 0 atom stereocenters. The molecule has 5 heteroatoms. The highest BCUT2D eigenvalue weighted by Gasteiger charge is 2.07. The topological polar surface area (TPSA) is 82.4 Å². The zero-order chi connectivity index (χ0) is 12.4. The van der Waals surface area contributed by atoms with Crippen LogP contribution in [-0.4, -0.2) is 15.0 Å². The second-order valence-corrected chi connectivity index (χ2v) is 4.14. The highest BCUT2D eigenvalue weighted by molar-refractivity contribution is 5.70. The van der Waals surface area contributed by atoms with Gasteiger partial charge in [0.25, 0.3) is 5.56 Å². The summed E-state index contributed by atoms with van der Waals surface area (Å²) in [5, 5.41) is 8.59. The van der Waals surface area contributed by atoms with Crippen LogP contribution in [0.2, 0.25) is 0 Å². The van der Waals surface area contributed by atoms with E-state index in [0.29, 0.717) is 16.7 Å². The SMILES string of the molecule is CC(C)c1cnc2cc(CC#N)c(=O)[nH]c2n1. The summed E-state index contributed by atoms with van der Waals surface area (Å²) in [6.07, 6.45) is 1.78. The minimum Gasteiger partial charge on any atom is -0.305 e. The highest BCUT2D eigenvalue weighted by atomic mass is 16.1. The van der Waals surface area contributed by atoms with Gasteiger partial charge in [0.05, 0.1) is 18.2 Å². The van der Waals surface area contributed by atoms with Gasteiger partial charge in [-0.25, -0.2) is 4.98 Å². The van der Waals surface area contributed by atoms with Crippen LogP contribution in [0.3, 0.4) is 0 Å². The van der Waals surface area contributed by atoms with Gasteiger partial charge in [-0.05, 0) is 12.0 Å². The van der Waals surface area contributed by atoms with Crippen molar-refractivity contribution in [3.63, 3.8) is 0 Å². The smallest absolute Gasteiger partial charge is 0.253 e. The molecule has 0 saturated carbocycles. The lowest BCUT2D eigenvalue weighted by atomic mass is 10.1. The van der Waals surface area contributed by atoms with Gasteiger partial charge in [0.2, 0.25) is 0 Å². The van der Waals surface area contributed by atoms with Crippen LogP contribution in [0, 0.1) is 11.3 Å². The van der Waals surface area contributed by atoms with Crippen molar-refractivity contribution >= 4 is 11.2 Å². The molecule has 0 aliphatic heterocycles. The molecule has 0 unspecified atom stereocenters. The van der Waals surface area contributed by atoms with E-state index in [9.17, 15) is 4.79 Å². The Hall–Kier alpha value is -2.22. The standard InChI is InChI=1S/C12H12N4O/c1-7(2)10-6-14-9-5-8(3-4-13)12(17)16-11(9)15-10/h5-7H,3H2,1-2H3,(H,15,16,17). The molecule has 0 fully saturated rings. The minimum absolute atomic E-state index is 0.0822. The monoisotopic (exact) mass is 228 g/mol. The first kappa shape index (κ1) is 11.3. The molecule has 0 bridgehead atoms. The summed E-state index contributed by atoms with van der Waals surface area (Å²) >= 11 is 0. The molecule has 2 aromatic rings. The molecule has 2 heterocycles. The van der Waals surface area contributed by atoms with Crippen LogP contribution in [0.15, 0.2) is 17.1 Å². The molecule has 0 spiro atoms. The van der Waals surface area contributed by atoms with Gasteiger partial charge in [0, 0.05) is 11.8 Å². The number of nitrogens with one attached hydrogen (secondary N) is 1. The number of nitriles is 1. The molecule has 0 aromatic carbocycles. The third-order valence-electron chi connectivity index (χ3n) is 2.52. The Morgan fingerprint density at radius 2 is 2.29 bits per heavy atom. The van der Waals surface area contributed by atoms with E-state index < -0.39 is 0 Å². The van der Waals surface area contributed by atoms with Crippen LogP contribution in [0.4, 0.5) is 0 Å². The molecular weight excluding hydrogens is 216 g/mol.